The van der Waals surface area contributed by atoms with Gasteiger partial charge < -0.3 is 14.0 Å². The SMILES string of the molecule is COCc1nc(-c2ccc(OC3CN(S(=O)(=O)C(C)C)C3)cc2)no1. The molecule has 0 atom stereocenters. The Bertz CT molecular complexity index is 811. The molecule has 9 heteroatoms. The molecule has 0 N–H and O–H groups in total. The van der Waals surface area contributed by atoms with Crippen molar-refractivity contribution in [1.29, 1.82) is 0 Å². The molecule has 1 aliphatic heterocycles. The number of ether oxygens (including phenoxy) is 2. The Morgan fingerprint density at radius 2 is 1.96 bits per heavy atom. The highest BCUT2D eigenvalue weighted by molar-refractivity contribution is 7.89. The first-order valence-corrected chi connectivity index (χ1v) is 9.48. The van der Waals surface area contributed by atoms with Crippen LogP contribution in [0.5, 0.6) is 5.75 Å². The number of hydrogen-bond donors (Lipinski definition) is 0. The molecule has 2 aromatic rings. The summed E-state index contributed by atoms with van der Waals surface area (Å²) in [6.45, 7) is 4.39. The van der Waals surface area contributed by atoms with Crippen LogP contribution >= 0.6 is 0 Å². The number of nitrogens with zero attached hydrogens (tertiary/aromatic N) is 3. The number of aromatic nitrogens is 2. The zero-order valence-corrected chi connectivity index (χ0v) is 15.2. The maximum atomic E-state index is 12.0. The lowest BCUT2D eigenvalue weighted by molar-refractivity contribution is 0.0757. The van der Waals surface area contributed by atoms with E-state index in [0.717, 1.165) is 5.56 Å². The van der Waals surface area contributed by atoms with Crippen LogP contribution in [0.1, 0.15) is 19.7 Å². The Hall–Kier alpha value is -1.97. The molecule has 0 saturated carbocycles. The third-order valence-corrected chi connectivity index (χ3v) is 6.13. The number of benzene rings is 1. The first-order chi connectivity index (χ1) is 11.9. The number of rotatable bonds is 7. The molecule has 0 spiro atoms. The van der Waals surface area contributed by atoms with Gasteiger partial charge in [-0.1, -0.05) is 5.16 Å². The predicted octanol–water partition coefficient (Wildman–Crippen LogP) is 1.68. The molecule has 0 amide bonds. The van der Waals surface area contributed by atoms with Crippen molar-refractivity contribution in [2.75, 3.05) is 20.2 Å². The second kappa shape index (κ2) is 7.11. The highest BCUT2D eigenvalue weighted by Crippen LogP contribution is 2.25. The van der Waals surface area contributed by atoms with Gasteiger partial charge in [0.15, 0.2) is 0 Å². The first-order valence-electron chi connectivity index (χ1n) is 7.97. The largest absolute Gasteiger partial charge is 0.488 e. The van der Waals surface area contributed by atoms with Crippen molar-refractivity contribution in [3.8, 4) is 17.1 Å². The summed E-state index contributed by atoms with van der Waals surface area (Å²) in [6, 6.07) is 7.28. The molecule has 0 radical (unpaired) electrons. The van der Waals surface area contributed by atoms with Crippen molar-refractivity contribution >= 4 is 10.0 Å². The summed E-state index contributed by atoms with van der Waals surface area (Å²) in [6.07, 6.45) is -0.127. The number of methoxy groups -OCH3 is 1. The van der Waals surface area contributed by atoms with E-state index >= 15 is 0 Å². The highest BCUT2D eigenvalue weighted by Gasteiger charge is 2.38. The van der Waals surface area contributed by atoms with Crippen LogP contribution in [0.15, 0.2) is 28.8 Å². The van der Waals surface area contributed by atoms with E-state index in [1.807, 2.05) is 12.1 Å². The van der Waals surface area contributed by atoms with Gasteiger partial charge in [-0.25, -0.2) is 8.42 Å². The molecule has 0 aliphatic carbocycles. The van der Waals surface area contributed by atoms with E-state index in [-0.39, 0.29) is 12.7 Å². The van der Waals surface area contributed by atoms with E-state index in [2.05, 4.69) is 10.1 Å². The topological polar surface area (TPSA) is 94.8 Å². The molecule has 1 saturated heterocycles. The lowest BCUT2D eigenvalue weighted by Gasteiger charge is -2.38. The summed E-state index contributed by atoms with van der Waals surface area (Å²) < 4.78 is 41.3. The minimum Gasteiger partial charge on any atom is -0.488 e. The van der Waals surface area contributed by atoms with Crippen LogP contribution in [0.4, 0.5) is 0 Å². The van der Waals surface area contributed by atoms with Crippen LogP contribution < -0.4 is 4.74 Å². The molecule has 3 rings (SSSR count). The summed E-state index contributed by atoms with van der Waals surface area (Å²) in [5.41, 5.74) is 0.802. The maximum Gasteiger partial charge on any atom is 0.252 e. The van der Waals surface area contributed by atoms with E-state index in [1.165, 1.54) is 4.31 Å². The van der Waals surface area contributed by atoms with Crippen molar-refractivity contribution in [3.05, 3.63) is 30.2 Å². The fraction of sp³-hybridized carbons (Fsp3) is 0.500. The lowest BCUT2D eigenvalue weighted by Crippen LogP contribution is -2.57. The summed E-state index contributed by atoms with van der Waals surface area (Å²) in [4.78, 5) is 4.22. The van der Waals surface area contributed by atoms with Crippen LogP contribution in [0.25, 0.3) is 11.4 Å². The molecule has 136 valence electrons. The van der Waals surface area contributed by atoms with Crippen LogP contribution in [-0.4, -0.2) is 54.4 Å². The van der Waals surface area contributed by atoms with Gasteiger partial charge in [0.2, 0.25) is 15.8 Å². The average molecular weight is 367 g/mol. The van der Waals surface area contributed by atoms with Gasteiger partial charge in [-0.3, -0.25) is 0 Å². The predicted molar refractivity (Wildman–Crippen MR) is 90.5 cm³/mol. The van der Waals surface area contributed by atoms with E-state index < -0.39 is 15.3 Å². The van der Waals surface area contributed by atoms with Crippen molar-refractivity contribution < 1.29 is 22.4 Å². The molecule has 0 unspecified atom stereocenters. The minimum absolute atomic E-state index is 0.127. The van der Waals surface area contributed by atoms with Gasteiger partial charge in [0.05, 0.1) is 18.3 Å². The van der Waals surface area contributed by atoms with E-state index in [1.54, 1.807) is 33.1 Å². The van der Waals surface area contributed by atoms with E-state index in [0.29, 0.717) is 30.6 Å². The van der Waals surface area contributed by atoms with Gasteiger partial charge in [0, 0.05) is 12.7 Å². The third-order valence-electron chi connectivity index (χ3n) is 3.92. The van der Waals surface area contributed by atoms with E-state index in [9.17, 15) is 8.42 Å². The average Bonchev–Trinajstić information content (AvgIpc) is 2.99. The Morgan fingerprint density at radius 3 is 2.56 bits per heavy atom. The zero-order chi connectivity index (χ0) is 18.0. The quantitative estimate of drug-likeness (QED) is 0.735. The smallest absolute Gasteiger partial charge is 0.252 e. The first kappa shape index (κ1) is 17.8. The molecule has 1 aliphatic rings. The molecule has 25 heavy (non-hydrogen) atoms. The Balaban J connectivity index is 1.57. The van der Waals surface area contributed by atoms with Crippen molar-refractivity contribution in [2.45, 2.75) is 31.8 Å². The molecule has 1 aromatic heterocycles. The zero-order valence-electron chi connectivity index (χ0n) is 14.4. The van der Waals surface area contributed by atoms with Crippen molar-refractivity contribution in [2.24, 2.45) is 0 Å². The molecule has 0 bridgehead atoms. The summed E-state index contributed by atoms with van der Waals surface area (Å²) in [7, 11) is -1.63. The van der Waals surface area contributed by atoms with Gasteiger partial charge in [0.1, 0.15) is 18.5 Å². The Labute approximate surface area is 146 Å². The fourth-order valence-electron chi connectivity index (χ4n) is 2.41. The van der Waals surface area contributed by atoms with Gasteiger partial charge >= 0.3 is 0 Å². The summed E-state index contributed by atoms with van der Waals surface area (Å²) >= 11 is 0. The standard InChI is InChI=1S/C16H21N3O5S/c1-11(2)25(20,21)19-8-14(9-19)23-13-6-4-12(5-7-13)16-17-15(10-22-3)24-18-16/h4-7,11,14H,8-10H2,1-3H3. The monoisotopic (exact) mass is 367 g/mol. The molecular weight excluding hydrogens is 346 g/mol. The molecule has 2 heterocycles. The van der Waals surface area contributed by atoms with Gasteiger partial charge in [-0.05, 0) is 38.1 Å². The van der Waals surface area contributed by atoms with Crippen LogP contribution in [0, 0.1) is 0 Å². The summed E-state index contributed by atoms with van der Waals surface area (Å²) in [5, 5.41) is 3.48. The number of hydrogen-bond acceptors (Lipinski definition) is 7. The molecule has 1 aromatic carbocycles. The van der Waals surface area contributed by atoms with Gasteiger partial charge in [-0.2, -0.15) is 9.29 Å². The van der Waals surface area contributed by atoms with Crippen molar-refractivity contribution in [3.63, 3.8) is 0 Å². The van der Waals surface area contributed by atoms with Crippen LogP contribution in [-0.2, 0) is 21.4 Å². The fourth-order valence-corrected chi connectivity index (χ4v) is 3.75. The number of sulfonamides is 1. The van der Waals surface area contributed by atoms with Crippen LogP contribution in [0.3, 0.4) is 0 Å². The summed E-state index contributed by atoms with van der Waals surface area (Å²) in [5.74, 6) is 1.58. The lowest BCUT2D eigenvalue weighted by atomic mass is 10.2. The third kappa shape index (κ3) is 3.83. The van der Waals surface area contributed by atoms with E-state index in [4.69, 9.17) is 14.0 Å². The molecular formula is C16H21N3O5S. The normalized spacial score (nSPS) is 16.2. The van der Waals surface area contributed by atoms with Crippen molar-refractivity contribution in [1.82, 2.24) is 14.4 Å². The van der Waals surface area contributed by atoms with Crippen LogP contribution in [0.2, 0.25) is 0 Å². The molecule has 1 fully saturated rings. The van der Waals surface area contributed by atoms with Gasteiger partial charge in [-0.15, -0.1) is 0 Å². The minimum atomic E-state index is -3.19. The highest BCUT2D eigenvalue weighted by atomic mass is 32.2. The Kier molecular flexibility index (Phi) is 5.07. The maximum absolute atomic E-state index is 12.0. The van der Waals surface area contributed by atoms with Gasteiger partial charge in [0.25, 0.3) is 5.89 Å². The molecule has 8 nitrogen and oxygen atoms in total. The second-order valence-electron chi connectivity index (χ2n) is 6.12. The second-order valence-corrected chi connectivity index (χ2v) is 8.61. The Morgan fingerprint density at radius 1 is 1.28 bits per heavy atom.